The van der Waals surface area contributed by atoms with Gasteiger partial charge in [0.25, 0.3) is 0 Å². The Morgan fingerprint density at radius 1 is 1.44 bits per heavy atom. The van der Waals surface area contributed by atoms with Crippen molar-refractivity contribution in [3.05, 3.63) is 29.8 Å². The summed E-state index contributed by atoms with van der Waals surface area (Å²) in [6.45, 7) is 4.76. The fourth-order valence-electron chi connectivity index (χ4n) is 1.78. The quantitative estimate of drug-likeness (QED) is 0.763. The predicted molar refractivity (Wildman–Crippen MR) is 73.6 cm³/mol. The maximum atomic E-state index is 6.00. The first-order valence-corrected chi connectivity index (χ1v) is 6.74. The second-order valence-corrected chi connectivity index (χ2v) is 5.12. The average molecular weight is 268 g/mol. The van der Waals surface area contributed by atoms with Crippen molar-refractivity contribution in [2.24, 2.45) is 5.16 Å². The second-order valence-electron chi connectivity index (χ2n) is 4.44. The molecular formula is C14H18ClNO2. The lowest BCUT2D eigenvalue weighted by Crippen LogP contribution is -2.18. The molecule has 0 aliphatic carbocycles. The van der Waals surface area contributed by atoms with Gasteiger partial charge in [-0.05, 0) is 43.2 Å². The Balaban J connectivity index is 1.98. The third kappa shape index (κ3) is 3.16. The van der Waals surface area contributed by atoms with Crippen molar-refractivity contribution in [3.8, 4) is 5.75 Å². The summed E-state index contributed by atoms with van der Waals surface area (Å²) in [5, 5.41) is 4.06. The Morgan fingerprint density at radius 2 is 2.17 bits per heavy atom. The number of hydrogen-bond acceptors (Lipinski definition) is 3. The van der Waals surface area contributed by atoms with Crippen molar-refractivity contribution in [1.29, 1.82) is 0 Å². The summed E-state index contributed by atoms with van der Waals surface area (Å²) in [7, 11) is 0. The highest BCUT2D eigenvalue weighted by Crippen LogP contribution is 2.22. The minimum absolute atomic E-state index is 0.0160. The molecule has 0 saturated heterocycles. The molecule has 1 aromatic rings. The molecule has 1 aromatic carbocycles. The minimum atomic E-state index is -0.0292. The molecule has 1 aliphatic heterocycles. The van der Waals surface area contributed by atoms with Crippen LogP contribution >= 0.6 is 11.6 Å². The summed E-state index contributed by atoms with van der Waals surface area (Å²) in [5.74, 6) is 0.891. The SMILES string of the molecule is CCCOc1ccc(C2=NOC(C(C)Cl)C2)cc1. The van der Waals surface area contributed by atoms with Gasteiger partial charge in [-0.25, -0.2) is 0 Å². The van der Waals surface area contributed by atoms with Crippen molar-refractivity contribution in [2.75, 3.05) is 6.61 Å². The van der Waals surface area contributed by atoms with Crippen LogP contribution in [0.5, 0.6) is 5.75 Å². The number of nitrogens with zero attached hydrogens (tertiary/aromatic N) is 1. The van der Waals surface area contributed by atoms with Crippen LogP contribution in [0.25, 0.3) is 0 Å². The van der Waals surface area contributed by atoms with Crippen molar-refractivity contribution >= 4 is 17.3 Å². The van der Waals surface area contributed by atoms with Crippen molar-refractivity contribution in [1.82, 2.24) is 0 Å². The smallest absolute Gasteiger partial charge is 0.149 e. The Bertz CT molecular complexity index is 414. The van der Waals surface area contributed by atoms with E-state index in [1.165, 1.54) is 0 Å². The van der Waals surface area contributed by atoms with E-state index in [0.717, 1.165) is 36.5 Å². The molecular weight excluding hydrogens is 250 g/mol. The first-order valence-electron chi connectivity index (χ1n) is 6.30. The van der Waals surface area contributed by atoms with Gasteiger partial charge in [-0.2, -0.15) is 0 Å². The van der Waals surface area contributed by atoms with Crippen molar-refractivity contribution < 1.29 is 9.57 Å². The molecule has 98 valence electrons. The molecule has 0 spiro atoms. The van der Waals surface area contributed by atoms with Gasteiger partial charge in [-0.15, -0.1) is 11.6 Å². The lowest BCUT2D eigenvalue weighted by molar-refractivity contribution is 0.0855. The first kappa shape index (κ1) is 13.2. The topological polar surface area (TPSA) is 30.8 Å². The van der Waals surface area contributed by atoms with E-state index >= 15 is 0 Å². The van der Waals surface area contributed by atoms with Crippen LogP contribution in [0.1, 0.15) is 32.3 Å². The zero-order valence-corrected chi connectivity index (χ0v) is 11.5. The van der Waals surface area contributed by atoms with Crippen LogP contribution in [0.3, 0.4) is 0 Å². The number of rotatable bonds is 5. The lowest BCUT2D eigenvalue weighted by Gasteiger charge is -2.09. The monoisotopic (exact) mass is 267 g/mol. The molecule has 1 aliphatic rings. The summed E-state index contributed by atoms with van der Waals surface area (Å²) in [4.78, 5) is 5.30. The minimum Gasteiger partial charge on any atom is -0.494 e. The van der Waals surface area contributed by atoms with Gasteiger partial charge in [0.15, 0.2) is 0 Å². The predicted octanol–water partition coefficient (Wildman–Crippen LogP) is 3.60. The summed E-state index contributed by atoms with van der Waals surface area (Å²) >= 11 is 6.00. The molecule has 1 heterocycles. The Labute approximate surface area is 113 Å². The standard InChI is InChI=1S/C14H18ClNO2/c1-3-8-17-12-6-4-11(5-7-12)13-9-14(10(2)15)18-16-13/h4-7,10,14H,3,8-9H2,1-2H3. The average Bonchev–Trinajstić information content (AvgIpc) is 2.87. The van der Waals surface area contributed by atoms with Crippen molar-refractivity contribution in [2.45, 2.75) is 38.2 Å². The molecule has 2 unspecified atom stereocenters. The van der Waals surface area contributed by atoms with E-state index in [2.05, 4.69) is 12.1 Å². The number of halogens is 1. The van der Waals surface area contributed by atoms with Crippen LogP contribution < -0.4 is 4.74 Å². The highest BCUT2D eigenvalue weighted by atomic mass is 35.5. The number of ether oxygens (including phenoxy) is 1. The van der Waals surface area contributed by atoms with Crippen LogP contribution in [0.4, 0.5) is 0 Å². The Kier molecular flexibility index (Phi) is 4.48. The van der Waals surface area contributed by atoms with Gasteiger partial charge < -0.3 is 9.57 Å². The van der Waals surface area contributed by atoms with E-state index in [0.29, 0.717) is 0 Å². The molecule has 0 fully saturated rings. The van der Waals surface area contributed by atoms with E-state index < -0.39 is 0 Å². The molecule has 0 aromatic heterocycles. The summed E-state index contributed by atoms with van der Waals surface area (Å²) in [6, 6.07) is 7.94. The van der Waals surface area contributed by atoms with Gasteiger partial charge in [0.1, 0.15) is 11.9 Å². The van der Waals surface area contributed by atoms with Gasteiger partial charge in [-0.3, -0.25) is 0 Å². The molecule has 0 radical (unpaired) electrons. The molecule has 18 heavy (non-hydrogen) atoms. The zero-order chi connectivity index (χ0) is 13.0. The van der Waals surface area contributed by atoms with Gasteiger partial charge in [-0.1, -0.05) is 12.1 Å². The fourth-order valence-corrected chi connectivity index (χ4v) is 1.91. The molecule has 2 rings (SSSR count). The number of alkyl halides is 1. The molecule has 0 amide bonds. The number of oxime groups is 1. The van der Waals surface area contributed by atoms with Gasteiger partial charge in [0, 0.05) is 6.42 Å². The van der Waals surface area contributed by atoms with Crippen LogP contribution in [-0.2, 0) is 4.84 Å². The van der Waals surface area contributed by atoms with E-state index in [1.54, 1.807) is 0 Å². The van der Waals surface area contributed by atoms with Crippen LogP contribution in [-0.4, -0.2) is 23.8 Å². The fraction of sp³-hybridized carbons (Fsp3) is 0.500. The van der Waals surface area contributed by atoms with Gasteiger partial charge >= 0.3 is 0 Å². The summed E-state index contributed by atoms with van der Waals surface area (Å²) in [6.07, 6.45) is 1.76. The highest BCUT2D eigenvalue weighted by Gasteiger charge is 2.26. The van der Waals surface area contributed by atoms with E-state index in [9.17, 15) is 0 Å². The highest BCUT2D eigenvalue weighted by molar-refractivity contribution is 6.21. The maximum Gasteiger partial charge on any atom is 0.149 e. The zero-order valence-electron chi connectivity index (χ0n) is 10.7. The van der Waals surface area contributed by atoms with Crippen LogP contribution in [0.2, 0.25) is 0 Å². The molecule has 2 atom stereocenters. The third-order valence-corrected chi connectivity index (χ3v) is 3.15. The van der Waals surface area contributed by atoms with Gasteiger partial charge in [0.2, 0.25) is 0 Å². The van der Waals surface area contributed by atoms with E-state index in [1.807, 2.05) is 31.2 Å². The summed E-state index contributed by atoms with van der Waals surface area (Å²) in [5.41, 5.74) is 2.02. The van der Waals surface area contributed by atoms with Gasteiger partial charge in [0.05, 0.1) is 17.7 Å². The van der Waals surface area contributed by atoms with E-state index in [-0.39, 0.29) is 11.5 Å². The number of hydrogen-bond donors (Lipinski definition) is 0. The van der Waals surface area contributed by atoms with Crippen LogP contribution in [0.15, 0.2) is 29.4 Å². The number of benzene rings is 1. The van der Waals surface area contributed by atoms with Crippen LogP contribution in [0, 0.1) is 0 Å². The molecule has 0 saturated carbocycles. The molecule has 0 N–H and O–H groups in total. The molecule has 3 nitrogen and oxygen atoms in total. The Morgan fingerprint density at radius 3 is 2.72 bits per heavy atom. The maximum absolute atomic E-state index is 6.00. The molecule has 4 heteroatoms. The molecule has 0 bridgehead atoms. The Hall–Kier alpha value is -1.22. The van der Waals surface area contributed by atoms with E-state index in [4.69, 9.17) is 21.2 Å². The normalized spacial score (nSPS) is 20.2. The first-order chi connectivity index (χ1) is 8.70. The second kappa shape index (κ2) is 6.10. The lowest BCUT2D eigenvalue weighted by atomic mass is 10.0. The largest absolute Gasteiger partial charge is 0.494 e. The third-order valence-electron chi connectivity index (χ3n) is 2.87. The summed E-state index contributed by atoms with van der Waals surface area (Å²) < 4.78 is 5.54. The van der Waals surface area contributed by atoms with Crippen molar-refractivity contribution in [3.63, 3.8) is 0 Å².